The van der Waals surface area contributed by atoms with Crippen molar-refractivity contribution in [3.8, 4) is 0 Å². The number of nitrogens with one attached hydrogen (secondary N) is 1. The number of carboxylic acids is 1. The fraction of sp³-hybridized carbons (Fsp3) is 0.500. The highest BCUT2D eigenvalue weighted by Crippen LogP contribution is 2.15. The molecule has 0 fully saturated rings. The summed E-state index contributed by atoms with van der Waals surface area (Å²) in [5.74, 6) is -0.662. The van der Waals surface area contributed by atoms with E-state index in [1.807, 2.05) is 26.0 Å². The molecule has 0 saturated heterocycles. The third-order valence-corrected chi connectivity index (χ3v) is 3.27. The van der Waals surface area contributed by atoms with Gasteiger partial charge in [0.05, 0.1) is 0 Å². The van der Waals surface area contributed by atoms with E-state index in [2.05, 4.69) is 5.32 Å². The van der Waals surface area contributed by atoms with Crippen LogP contribution in [0.15, 0.2) is 24.3 Å². The van der Waals surface area contributed by atoms with Crippen LogP contribution in [0, 0.1) is 11.8 Å². The molecule has 0 aromatic heterocycles. The van der Waals surface area contributed by atoms with Gasteiger partial charge in [-0.05, 0) is 36.0 Å². The molecule has 0 radical (unpaired) electrons. The predicted molar refractivity (Wildman–Crippen MR) is 81.9 cm³/mol. The minimum absolute atomic E-state index is 0.0465. The van der Waals surface area contributed by atoms with Crippen molar-refractivity contribution in [2.24, 2.45) is 17.6 Å². The molecule has 0 spiro atoms. The van der Waals surface area contributed by atoms with Crippen molar-refractivity contribution in [2.75, 3.05) is 6.54 Å². The van der Waals surface area contributed by atoms with E-state index in [4.69, 9.17) is 10.8 Å². The van der Waals surface area contributed by atoms with Gasteiger partial charge in [-0.3, -0.25) is 9.59 Å². The molecule has 116 valence electrons. The van der Waals surface area contributed by atoms with Crippen molar-refractivity contribution in [3.05, 3.63) is 35.4 Å². The Morgan fingerprint density at radius 2 is 1.86 bits per heavy atom. The van der Waals surface area contributed by atoms with Gasteiger partial charge in [0.1, 0.15) is 0 Å². The van der Waals surface area contributed by atoms with E-state index in [-0.39, 0.29) is 18.2 Å². The average molecular weight is 292 g/mol. The van der Waals surface area contributed by atoms with E-state index in [1.165, 1.54) is 0 Å². The van der Waals surface area contributed by atoms with Gasteiger partial charge in [-0.1, -0.05) is 26.0 Å². The molecule has 0 aliphatic rings. The van der Waals surface area contributed by atoms with Gasteiger partial charge in [0.2, 0.25) is 0 Å². The van der Waals surface area contributed by atoms with Gasteiger partial charge in [0, 0.05) is 25.1 Å². The maximum Gasteiger partial charge on any atom is 0.303 e. The fourth-order valence-corrected chi connectivity index (χ4v) is 2.28. The van der Waals surface area contributed by atoms with Crippen LogP contribution in [0.2, 0.25) is 0 Å². The highest BCUT2D eigenvalue weighted by Gasteiger charge is 2.16. The Labute approximate surface area is 125 Å². The van der Waals surface area contributed by atoms with Crippen LogP contribution < -0.4 is 11.1 Å². The molecular formula is C16H24N2O3. The van der Waals surface area contributed by atoms with Crippen molar-refractivity contribution in [1.82, 2.24) is 5.32 Å². The molecule has 21 heavy (non-hydrogen) atoms. The molecule has 0 aliphatic heterocycles. The number of hydrogen-bond acceptors (Lipinski definition) is 3. The number of hydrogen-bond donors (Lipinski definition) is 3. The van der Waals surface area contributed by atoms with E-state index >= 15 is 0 Å². The number of aliphatic carboxylic acids is 1. The summed E-state index contributed by atoms with van der Waals surface area (Å²) in [6, 6.07) is 7.09. The van der Waals surface area contributed by atoms with Crippen molar-refractivity contribution >= 4 is 11.9 Å². The molecule has 5 heteroatoms. The Morgan fingerprint density at radius 1 is 1.24 bits per heavy atom. The van der Waals surface area contributed by atoms with Crippen LogP contribution in [0.1, 0.15) is 42.6 Å². The maximum absolute atomic E-state index is 12.0. The lowest BCUT2D eigenvalue weighted by molar-refractivity contribution is -0.138. The molecule has 1 amide bonds. The summed E-state index contributed by atoms with van der Waals surface area (Å²) in [5, 5.41) is 11.7. The summed E-state index contributed by atoms with van der Waals surface area (Å²) in [7, 11) is 0. The summed E-state index contributed by atoms with van der Waals surface area (Å²) in [6.45, 7) is 4.91. The van der Waals surface area contributed by atoms with Gasteiger partial charge in [-0.25, -0.2) is 0 Å². The summed E-state index contributed by atoms with van der Waals surface area (Å²) < 4.78 is 0. The van der Waals surface area contributed by atoms with Crippen molar-refractivity contribution in [3.63, 3.8) is 0 Å². The average Bonchev–Trinajstić information content (AvgIpc) is 2.43. The number of benzene rings is 1. The van der Waals surface area contributed by atoms with Crippen LogP contribution in [0.25, 0.3) is 0 Å². The molecule has 0 aliphatic carbocycles. The van der Waals surface area contributed by atoms with E-state index in [9.17, 15) is 9.59 Å². The summed E-state index contributed by atoms with van der Waals surface area (Å²) in [4.78, 5) is 22.9. The monoisotopic (exact) mass is 292 g/mol. The first kappa shape index (κ1) is 17.2. The Morgan fingerprint density at radius 3 is 2.33 bits per heavy atom. The second-order valence-electron chi connectivity index (χ2n) is 5.70. The Kier molecular flexibility index (Phi) is 6.88. The topological polar surface area (TPSA) is 92.4 Å². The van der Waals surface area contributed by atoms with Gasteiger partial charge in [0.25, 0.3) is 5.91 Å². The first-order valence-electron chi connectivity index (χ1n) is 7.21. The first-order chi connectivity index (χ1) is 9.92. The molecule has 1 atom stereocenters. The predicted octanol–water partition coefficient (Wildman–Crippen LogP) is 2.01. The second kappa shape index (κ2) is 8.42. The molecule has 1 rings (SSSR count). The van der Waals surface area contributed by atoms with Gasteiger partial charge in [-0.2, -0.15) is 0 Å². The number of nitrogens with two attached hydrogens (primary N) is 1. The number of carbonyl (C=O) groups is 2. The summed E-state index contributed by atoms with van der Waals surface area (Å²) in [5.41, 5.74) is 7.04. The van der Waals surface area contributed by atoms with Crippen LogP contribution in [0.3, 0.4) is 0 Å². The zero-order valence-corrected chi connectivity index (χ0v) is 12.6. The van der Waals surface area contributed by atoms with Crippen molar-refractivity contribution < 1.29 is 14.7 Å². The lowest BCUT2D eigenvalue weighted by Gasteiger charge is -2.17. The molecular weight excluding hydrogens is 268 g/mol. The standard InChI is InChI=1S/C16H24N2O3/c1-11(2)7-13(8-15(19)20)10-18-16(21)14-5-3-12(9-17)4-6-14/h3-6,11,13H,7-10,17H2,1-2H3,(H,18,21)(H,19,20)/t13-/m0/s1. The lowest BCUT2D eigenvalue weighted by Crippen LogP contribution is -2.31. The van der Waals surface area contributed by atoms with Gasteiger partial charge in [0.15, 0.2) is 0 Å². The molecule has 1 aromatic rings. The summed E-state index contributed by atoms with van der Waals surface area (Å²) in [6.07, 6.45) is 0.850. The minimum atomic E-state index is -0.831. The van der Waals surface area contributed by atoms with Crippen LogP contribution >= 0.6 is 0 Å². The number of rotatable bonds is 8. The fourth-order valence-electron chi connectivity index (χ4n) is 2.28. The van der Waals surface area contributed by atoms with E-state index < -0.39 is 5.97 Å². The van der Waals surface area contributed by atoms with Crippen molar-refractivity contribution in [1.29, 1.82) is 0 Å². The number of carboxylic acid groups (broad SMARTS) is 1. The van der Waals surface area contributed by atoms with Crippen molar-refractivity contribution in [2.45, 2.75) is 33.2 Å². The molecule has 0 unspecified atom stereocenters. The van der Waals surface area contributed by atoms with E-state index in [1.54, 1.807) is 12.1 Å². The van der Waals surface area contributed by atoms with Crippen LogP contribution in [0.4, 0.5) is 0 Å². The number of carbonyl (C=O) groups excluding carboxylic acids is 1. The SMILES string of the molecule is CC(C)C[C@H](CNC(=O)c1ccc(CN)cc1)CC(=O)O. The minimum Gasteiger partial charge on any atom is -0.481 e. The Hall–Kier alpha value is -1.88. The second-order valence-corrected chi connectivity index (χ2v) is 5.70. The van der Waals surface area contributed by atoms with E-state index in [0.717, 1.165) is 12.0 Å². The van der Waals surface area contributed by atoms with Crippen LogP contribution in [-0.2, 0) is 11.3 Å². The zero-order valence-electron chi connectivity index (χ0n) is 12.6. The molecule has 5 nitrogen and oxygen atoms in total. The molecule has 0 bridgehead atoms. The summed E-state index contributed by atoms with van der Waals surface area (Å²) >= 11 is 0. The molecule has 4 N–H and O–H groups in total. The Balaban J connectivity index is 2.56. The van der Waals surface area contributed by atoms with Crippen LogP contribution in [-0.4, -0.2) is 23.5 Å². The van der Waals surface area contributed by atoms with E-state index in [0.29, 0.717) is 24.6 Å². The molecule has 1 aromatic carbocycles. The normalized spacial score (nSPS) is 12.2. The highest BCUT2D eigenvalue weighted by molar-refractivity contribution is 5.94. The van der Waals surface area contributed by atoms with Crippen LogP contribution in [0.5, 0.6) is 0 Å². The number of amides is 1. The first-order valence-corrected chi connectivity index (χ1v) is 7.21. The lowest BCUT2D eigenvalue weighted by atomic mass is 9.94. The maximum atomic E-state index is 12.0. The third-order valence-electron chi connectivity index (χ3n) is 3.27. The van der Waals surface area contributed by atoms with Gasteiger partial charge >= 0.3 is 5.97 Å². The Bertz CT molecular complexity index is 469. The highest BCUT2D eigenvalue weighted by atomic mass is 16.4. The smallest absolute Gasteiger partial charge is 0.303 e. The molecule has 0 heterocycles. The zero-order chi connectivity index (χ0) is 15.8. The molecule has 0 saturated carbocycles. The third kappa shape index (κ3) is 6.40. The largest absolute Gasteiger partial charge is 0.481 e. The van der Waals surface area contributed by atoms with Gasteiger partial charge < -0.3 is 16.2 Å². The van der Waals surface area contributed by atoms with Gasteiger partial charge in [-0.15, -0.1) is 0 Å². The quantitative estimate of drug-likeness (QED) is 0.683.